The van der Waals surface area contributed by atoms with Crippen LogP contribution in [0.2, 0.25) is 0 Å². The topological polar surface area (TPSA) is 46.2 Å². The average Bonchev–Trinajstić information content (AvgIpc) is 2.41. The van der Waals surface area contributed by atoms with Gasteiger partial charge in [0.2, 0.25) is 0 Å². The quantitative estimate of drug-likeness (QED) is 0.860. The Bertz CT molecular complexity index is 587. The standard InChI is InChI=1S/C13H17F2NO2S/c1-8-5-16-13(7-19(17,18)6-8)10-4-11(14)9(2)3-12(10)15/h3-4,8,13,16H,5-7H2,1-2H3. The minimum Gasteiger partial charge on any atom is -0.309 e. The van der Waals surface area contributed by atoms with Crippen molar-refractivity contribution < 1.29 is 17.2 Å². The van der Waals surface area contributed by atoms with Crippen molar-refractivity contribution in [3.8, 4) is 0 Å². The molecule has 1 saturated heterocycles. The highest BCUT2D eigenvalue weighted by atomic mass is 32.2. The summed E-state index contributed by atoms with van der Waals surface area (Å²) in [6.45, 7) is 3.76. The summed E-state index contributed by atoms with van der Waals surface area (Å²) in [6.07, 6.45) is 0. The van der Waals surface area contributed by atoms with Crippen LogP contribution in [0.15, 0.2) is 12.1 Å². The zero-order chi connectivity index (χ0) is 14.2. The van der Waals surface area contributed by atoms with E-state index < -0.39 is 27.5 Å². The molecule has 19 heavy (non-hydrogen) atoms. The molecular weight excluding hydrogens is 272 g/mol. The second-order valence-electron chi connectivity index (χ2n) is 5.27. The van der Waals surface area contributed by atoms with Gasteiger partial charge in [-0.15, -0.1) is 0 Å². The monoisotopic (exact) mass is 289 g/mol. The molecule has 1 fully saturated rings. The smallest absolute Gasteiger partial charge is 0.152 e. The van der Waals surface area contributed by atoms with E-state index in [9.17, 15) is 17.2 Å². The van der Waals surface area contributed by atoms with Crippen molar-refractivity contribution in [1.82, 2.24) is 5.32 Å². The van der Waals surface area contributed by atoms with Gasteiger partial charge in [-0.3, -0.25) is 0 Å². The number of hydrogen-bond donors (Lipinski definition) is 1. The Kier molecular flexibility index (Phi) is 3.92. The predicted molar refractivity (Wildman–Crippen MR) is 69.7 cm³/mol. The summed E-state index contributed by atoms with van der Waals surface area (Å²) in [5, 5.41) is 3.00. The van der Waals surface area contributed by atoms with Gasteiger partial charge in [0.05, 0.1) is 11.5 Å². The van der Waals surface area contributed by atoms with Gasteiger partial charge < -0.3 is 5.32 Å². The van der Waals surface area contributed by atoms with Crippen LogP contribution in [0.5, 0.6) is 0 Å². The number of sulfone groups is 1. The van der Waals surface area contributed by atoms with E-state index in [1.807, 2.05) is 6.92 Å². The first-order valence-corrected chi connectivity index (χ1v) is 8.00. The van der Waals surface area contributed by atoms with Gasteiger partial charge in [-0.2, -0.15) is 0 Å². The molecule has 1 aromatic carbocycles. The first kappa shape index (κ1) is 14.4. The summed E-state index contributed by atoms with van der Waals surface area (Å²) < 4.78 is 51.2. The molecule has 1 N–H and O–H groups in total. The maximum atomic E-state index is 13.9. The number of benzene rings is 1. The summed E-state index contributed by atoms with van der Waals surface area (Å²) in [7, 11) is -3.26. The van der Waals surface area contributed by atoms with Crippen molar-refractivity contribution in [2.75, 3.05) is 18.1 Å². The Balaban J connectivity index is 2.38. The van der Waals surface area contributed by atoms with E-state index in [4.69, 9.17) is 0 Å². The number of hydrogen-bond acceptors (Lipinski definition) is 3. The van der Waals surface area contributed by atoms with Gasteiger partial charge in [0.1, 0.15) is 11.6 Å². The molecule has 1 aromatic rings. The molecule has 0 bridgehead atoms. The minimum absolute atomic E-state index is 0.0339. The summed E-state index contributed by atoms with van der Waals surface area (Å²) in [4.78, 5) is 0. The van der Waals surface area contributed by atoms with E-state index in [0.717, 1.165) is 12.1 Å². The van der Waals surface area contributed by atoms with E-state index in [1.165, 1.54) is 6.92 Å². The molecule has 2 rings (SSSR count). The fourth-order valence-electron chi connectivity index (χ4n) is 2.35. The molecule has 1 aliphatic heterocycles. The molecule has 0 amide bonds. The van der Waals surface area contributed by atoms with Crippen molar-refractivity contribution in [1.29, 1.82) is 0 Å². The van der Waals surface area contributed by atoms with Crippen molar-refractivity contribution in [2.45, 2.75) is 19.9 Å². The molecule has 0 aliphatic carbocycles. The Morgan fingerprint density at radius 1 is 1.21 bits per heavy atom. The van der Waals surface area contributed by atoms with Gasteiger partial charge in [-0.1, -0.05) is 6.92 Å². The van der Waals surface area contributed by atoms with E-state index in [2.05, 4.69) is 5.32 Å². The van der Waals surface area contributed by atoms with Crippen LogP contribution in [0.3, 0.4) is 0 Å². The van der Waals surface area contributed by atoms with Crippen molar-refractivity contribution in [3.05, 3.63) is 34.9 Å². The van der Waals surface area contributed by atoms with Crippen molar-refractivity contribution in [3.63, 3.8) is 0 Å². The average molecular weight is 289 g/mol. The molecule has 6 heteroatoms. The van der Waals surface area contributed by atoms with E-state index >= 15 is 0 Å². The maximum Gasteiger partial charge on any atom is 0.152 e. The van der Waals surface area contributed by atoms with Crippen LogP contribution in [0.4, 0.5) is 8.78 Å². The van der Waals surface area contributed by atoms with Crippen LogP contribution in [-0.4, -0.2) is 26.5 Å². The number of aryl methyl sites for hydroxylation is 1. The van der Waals surface area contributed by atoms with Crippen molar-refractivity contribution in [2.24, 2.45) is 5.92 Å². The molecule has 0 aromatic heterocycles. The first-order valence-electron chi connectivity index (χ1n) is 6.18. The Hall–Kier alpha value is -1.01. The van der Waals surface area contributed by atoms with Crippen molar-refractivity contribution >= 4 is 9.84 Å². The third-order valence-corrected chi connectivity index (χ3v) is 5.24. The summed E-state index contributed by atoms with van der Waals surface area (Å²) in [6, 6.07) is 1.51. The summed E-state index contributed by atoms with van der Waals surface area (Å²) >= 11 is 0. The van der Waals surface area contributed by atoms with Gasteiger partial charge in [0.25, 0.3) is 0 Å². The molecular formula is C13H17F2NO2S. The molecule has 1 aliphatic rings. The largest absolute Gasteiger partial charge is 0.309 e. The Morgan fingerprint density at radius 3 is 2.58 bits per heavy atom. The number of halogens is 2. The fourth-order valence-corrected chi connectivity index (χ4v) is 4.27. The van der Waals surface area contributed by atoms with Crippen LogP contribution in [0, 0.1) is 24.5 Å². The zero-order valence-corrected chi connectivity index (χ0v) is 11.7. The maximum absolute atomic E-state index is 13.9. The molecule has 3 nitrogen and oxygen atoms in total. The minimum atomic E-state index is -3.26. The Morgan fingerprint density at radius 2 is 1.89 bits per heavy atom. The van der Waals surface area contributed by atoms with Gasteiger partial charge >= 0.3 is 0 Å². The van der Waals surface area contributed by atoms with Crippen LogP contribution in [0.25, 0.3) is 0 Å². The second kappa shape index (κ2) is 5.17. The highest BCUT2D eigenvalue weighted by Crippen LogP contribution is 2.24. The van der Waals surface area contributed by atoms with Crippen LogP contribution >= 0.6 is 0 Å². The molecule has 106 valence electrons. The third kappa shape index (κ3) is 3.30. The second-order valence-corrected chi connectivity index (χ2v) is 7.42. The lowest BCUT2D eigenvalue weighted by atomic mass is 10.0. The van der Waals surface area contributed by atoms with Gasteiger partial charge in [0.15, 0.2) is 9.84 Å². The normalized spacial score (nSPS) is 26.9. The lowest BCUT2D eigenvalue weighted by Gasteiger charge is -2.17. The molecule has 0 radical (unpaired) electrons. The van der Waals surface area contributed by atoms with E-state index in [-0.39, 0.29) is 28.6 Å². The van der Waals surface area contributed by atoms with E-state index in [0.29, 0.717) is 6.54 Å². The molecule has 0 saturated carbocycles. The molecule has 1 heterocycles. The summed E-state index contributed by atoms with van der Waals surface area (Å²) in [5.41, 5.74) is 0.298. The van der Waals surface area contributed by atoms with Crippen LogP contribution in [0.1, 0.15) is 24.1 Å². The first-order chi connectivity index (χ1) is 8.78. The van der Waals surface area contributed by atoms with E-state index in [1.54, 1.807) is 0 Å². The molecule has 0 spiro atoms. The molecule has 2 atom stereocenters. The summed E-state index contributed by atoms with van der Waals surface area (Å²) in [5.74, 6) is -1.24. The predicted octanol–water partition coefficient (Wildman–Crippen LogP) is 1.97. The highest BCUT2D eigenvalue weighted by Gasteiger charge is 2.29. The third-order valence-electron chi connectivity index (χ3n) is 3.33. The lowest BCUT2D eigenvalue weighted by Crippen LogP contribution is -2.27. The molecule has 2 unspecified atom stereocenters. The fraction of sp³-hybridized carbons (Fsp3) is 0.538. The Labute approximate surface area is 111 Å². The lowest BCUT2D eigenvalue weighted by molar-refractivity contribution is 0.491. The highest BCUT2D eigenvalue weighted by molar-refractivity contribution is 7.91. The number of rotatable bonds is 1. The van der Waals surface area contributed by atoms with Crippen LogP contribution < -0.4 is 5.32 Å². The van der Waals surface area contributed by atoms with Gasteiger partial charge in [-0.25, -0.2) is 17.2 Å². The number of nitrogens with one attached hydrogen (secondary N) is 1. The van der Waals surface area contributed by atoms with Gasteiger partial charge in [-0.05, 0) is 37.1 Å². The van der Waals surface area contributed by atoms with Crippen LogP contribution in [-0.2, 0) is 9.84 Å². The zero-order valence-electron chi connectivity index (χ0n) is 10.9. The SMILES string of the molecule is Cc1cc(F)c(C2CS(=O)(=O)CC(C)CN2)cc1F. The van der Waals surface area contributed by atoms with Gasteiger partial charge in [0, 0.05) is 11.6 Å².